The number of pyridine rings is 1. The largest absolute Gasteiger partial charge is 0.508 e. The molecule has 0 radical (unpaired) electrons. The quantitative estimate of drug-likeness (QED) is 0.132. The number of nitrogens with one attached hydrogen (secondary N) is 1. The molecule has 3 aromatic carbocycles. The monoisotopic (exact) mass is 647 g/mol. The molecule has 2 amide bonds. The number of imide groups is 1. The maximum atomic E-state index is 14.0. The van der Waals surface area contributed by atoms with Crippen molar-refractivity contribution in [1.82, 2.24) is 4.98 Å². The summed E-state index contributed by atoms with van der Waals surface area (Å²) in [6.07, 6.45) is 4.89. The fourth-order valence-electron chi connectivity index (χ4n) is 7.19. The van der Waals surface area contributed by atoms with Crippen molar-refractivity contribution in [1.29, 1.82) is 0 Å². The average molecular weight is 648 g/mol. The van der Waals surface area contributed by atoms with E-state index in [0.717, 1.165) is 39.4 Å². The zero-order valence-electron chi connectivity index (χ0n) is 25.6. The van der Waals surface area contributed by atoms with Crippen LogP contribution in [0.5, 0.6) is 5.75 Å². The molecule has 3 aliphatic rings. The molecule has 4 atom stereocenters. The van der Waals surface area contributed by atoms with E-state index < -0.39 is 11.8 Å². The van der Waals surface area contributed by atoms with Crippen LogP contribution in [0.4, 0.5) is 17.1 Å². The molecule has 7 rings (SSSR count). The molecule has 3 N–H and O–H groups in total. The Labute approximate surface area is 278 Å². The number of rotatable bonds is 9. The van der Waals surface area contributed by atoms with Gasteiger partial charge in [0.1, 0.15) is 5.75 Å². The van der Waals surface area contributed by atoms with Gasteiger partial charge in [-0.05, 0) is 114 Å². The molecule has 3 heterocycles. The van der Waals surface area contributed by atoms with Crippen molar-refractivity contribution in [3.63, 3.8) is 0 Å². The summed E-state index contributed by atoms with van der Waals surface area (Å²) in [5.74, 6) is -1.72. The Kier molecular flexibility index (Phi) is 8.64. The number of nitrogens with zero attached hydrogens (tertiary/aromatic N) is 2. The number of ether oxygens (including phenoxy) is 1. The van der Waals surface area contributed by atoms with E-state index in [1.807, 2.05) is 66.7 Å². The van der Waals surface area contributed by atoms with Crippen LogP contribution in [-0.2, 0) is 14.3 Å². The standard InChI is InChI=1S/C38H34ClN3O5/c39-32-20-29(44)15-9-23(32)18-24(33-8-4-5-17-40-33)10-16-34-35-25(21-43)19-30-36(31(35)22-47-34)38(46)42(37(30)45)28-13-11-27(12-14-28)41-26-6-2-1-3-7-26/h1-9,11-15,17-18,20,30-31,34,36,41,43-44H,10,16,19,21-22H2/b24-18-/t30-,31+,34-,36-/m1/s1. The summed E-state index contributed by atoms with van der Waals surface area (Å²) in [6.45, 7) is 0.117. The summed E-state index contributed by atoms with van der Waals surface area (Å²) < 4.78 is 6.35. The van der Waals surface area contributed by atoms with Crippen molar-refractivity contribution in [3.8, 4) is 5.75 Å². The number of carbonyl (C=O) groups is 2. The highest BCUT2D eigenvalue weighted by atomic mass is 35.5. The summed E-state index contributed by atoms with van der Waals surface area (Å²) >= 11 is 6.44. The summed E-state index contributed by atoms with van der Waals surface area (Å²) in [5.41, 5.74) is 6.55. The van der Waals surface area contributed by atoms with Crippen molar-refractivity contribution in [2.75, 3.05) is 23.4 Å². The number of hydrogen-bond donors (Lipinski definition) is 3. The van der Waals surface area contributed by atoms with Crippen LogP contribution in [0.3, 0.4) is 0 Å². The molecule has 8 nitrogen and oxygen atoms in total. The molecular formula is C38H34ClN3O5. The summed E-state index contributed by atoms with van der Waals surface area (Å²) in [4.78, 5) is 33.6. The molecule has 4 aromatic rings. The Balaban J connectivity index is 1.11. The minimum atomic E-state index is -0.540. The van der Waals surface area contributed by atoms with Crippen molar-refractivity contribution in [2.45, 2.75) is 25.4 Å². The molecular weight excluding hydrogens is 614 g/mol. The van der Waals surface area contributed by atoms with Gasteiger partial charge in [0, 0.05) is 23.5 Å². The summed E-state index contributed by atoms with van der Waals surface area (Å²) in [6, 6.07) is 27.7. The number of aromatic hydroxyl groups is 1. The highest BCUT2D eigenvalue weighted by molar-refractivity contribution is 6.32. The van der Waals surface area contributed by atoms with E-state index >= 15 is 0 Å². The topological polar surface area (TPSA) is 112 Å². The highest BCUT2D eigenvalue weighted by Gasteiger charge is 2.57. The van der Waals surface area contributed by atoms with Crippen LogP contribution >= 0.6 is 11.6 Å². The fraction of sp³-hybridized carbons (Fsp3) is 0.237. The normalized spacial score (nSPS) is 22.4. The van der Waals surface area contributed by atoms with Gasteiger partial charge in [-0.15, -0.1) is 0 Å². The van der Waals surface area contributed by atoms with E-state index in [9.17, 15) is 19.8 Å². The predicted molar refractivity (Wildman–Crippen MR) is 182 cm³/mol. The number of benzene rings is 3. The minimum absolute atomic E-state index is 0.0894. The zero-order chi connectivity index (χ0) is 32.5. The Morgan fingerprint density at radius 3 is 2.45 bits per heavy atom. The number of hydrogen-bond acceptors (Lipinski definition) is 7. The number of phenols is 1. The number of phenolic OH excluding ortho intramolecular Hbond substituents is 1. The second-order valence-electron chi connectivity index (χ2n) is 12.2. The van der Waals surface area contributed by atoms with Gasteiger partial charge in [0.25, 0.3) is 0 Å². The van der Waals surface area contributed by atoms with Crippen LogP contribution in [0.15, 0.2) is 108 Å². The lowest BCUT2D eigenvalue weighted by Gasteiger charge is -2.31. The SMILES string of the molecule is O=C1[C@@H]2[C@@H](CC(CO)=C3[C@@H](CC/C(=C/c4ccc(O)cc4Cl)c4ccccn4)OC[C@@H]32)C(=O)N1c1ccc(Nc2ccccc2)cc1. The van der Waals surface area contributed by atoms with Crippen LogP contribution in [0.2, 0.25) is 5.02 Å². The third-order valence-corrected chi connectivity index (χ3v) is 9.70. The number of halogens is 1. The molecule has 238 valence electrons. The van der Waals surface area contributed by atoms with Crippen LogP contribution in [0.1, 0.15) is 30.5 Å². The number of anilines is 3. The second-order valence-corrected chi connectivity index (χ2v) is 12.6. The lowest BCUT2D eigenvalue weighted by molar-refractivity contribution is -0.122. The van der Waals surface area contributed by atoms with E-state index in [1.54, 1.807) is 30.5 Å². The van der Waals surface area contributed by atoms with E-state index in [0.29, 0.717) is 36.6 Å². The number of para-hydroxylation sites is 1. The summed E-state index contributed by atoms with van der Waals surface area (Å²) in [7, 11) is 0. The van der Waals surface area contributed by atoms with E-state index in [2.05, 4.69) is 10.3 Å². The van der Waals surface area contributed by atoms with Gasteiger partial charge in [0.15, 0.2) is 0 Å². The maximum Gasteiger partial charge on any atom is 0.238 e. The third kappa shape index (κ3) is 6.07. The first-order chi connectivity index (χ1) is 22.9. The Hall–Kier alpha value is -4.76. The van der Waals surface area contributed by atoms with Crippen molar-refractivity contribution in [2.24, 2.45) is 17.8 Å². The van der Waals surface area contributed by atoms with E-state index in [-0.39, 0.29) is 36.2 Å². The minimum Gasteiger partial charge on any atom is -0.508 e. The predicted octanol–water partition coefficient (Wildman–Crippen LogP) is 7.02. The van der Waals surface area contributed by atoms with Crippen molar-refractivity contribution < 1.29 is 24.5 Å². The van der Waals surface area contributed by atoms with Gasteiger partial charge < -0.3 is 20.3 Å². The average Bonchev–Trinajstić information content (AvgIpc) is 3.62. The molecule has 47 heavy (non-hydrogen) atoms. The number of allylic oxidation sites excluding steroid dienone is 1. The molecule has 1 aromatic heterocycles. The van der Waals surface area contributed by atoms with Crippen molar-refractivity contribution >= 4 is 52.1 Å². The molecule has 9 heteroatoms. The molecule has 0 spiro atoms. The van der Waals surface area contributed by atoms with Gasteiger partial charge in [-0.25, -0.2) is 0 Å². The molecule has 2 fully saturated rings. The number of carbonyl (C=O) groups excluding carboxylic acids is 2. The summed E-state index contributed by atoms with van der Waals surface area (Å²) in [5, 5.41) is 24.1. The fourth-order valence-corrected chi connectivity index (χ4v) is 7.42. The smallest absolute Gasteiger partial charge is 0.238 e. The lowest BCUT2D eigenvalue weighted by atomic mass is 9.69. The first-order valence-electron chi connectivity index (χ1n) is 15.8. The zero-order valence-corrected chi connectivity index (χ0v) is 26.3. The molecule has 0 bridgehead atoms. The first kappa shape index (κ1) is 30.9. The highest BCUT2D eigenvalue weighted by Crippen LogP contribution is 2.50. The Morgan fingerprint density at radius 2 is 1.72 bits per heavy atom. The van der Waals surface area contributed by atoms with Crippen LogP contribution in [-0.4, -0.2) is 46.3 Å². The van der Waals surface area contributed by atoms with Gasteiger partial charge in [-0.3, -0.25) is 19.5 Å². The van der Waals surface area contributed by atoms with E-state index in [1.165, 1.54) is 11.0 Å². The molecule has 0 saturated carbocycles. The lowest BCUT2D eigenvalue weighted by Crippen LogP contribution is -2.35. The number of aromatic nitrogens is 1. The molecule has 2 aliphatic heterocycles. The van der Waals surface area contributed by atoms with Gasteiger partial charge in [0.2, 0.25) is 11.8 Å². The van der Waals surface area contributed by atoms with Gasteiger partial charge in [-0.2, -0.15) is 0 Å². The number of aliphatic hydroxyl groups is 1. The third-order valence-electron chi connectivity index (χ3n) is 9.37. The maximum absolute atomic E-state index is 14.0. The molecule has 2 saturated heterocycles. The number of amides is 2. The Morgan fingerprint density at radius 1 is 0.957 bits per heavy atom. The molecule has 0 unspecified atom stereocenters. The van der Waals surface area contributed by atoms with E-state index in [4.69, 9.17) is 16.3 Å². The number of aliphatic hydroxyl groups excluding tert-OH is 1. The van der Waals surface area contributed by atoms with Crippen LogP contribution in [0, 0.1) is 17.8 Å². The van der Waals surface area contributed by atoms with Crippen molar-refractivity contribution in [3.05, 3.63) is 125 Å². The van der Waals surface area contributed by atoms with Crippen LogP contribution < -0.4 is 10.2 Å². The Bertz CT molecular complexity index is 1860. The van der Waals surface area contributed by atoms with Gasteiger partial charge in [0.05, 0.1) is 47.6 Å². The first-order valence-corrected chi connectivity index (χ1v) is 16.1. The van der Waals surface area contributed by atoms with Crippen LogP contribution in [0.25, 0.3) is 11.6 Å². The van der Waals surface area contributed by atoms with Gasteiger partial charge >= 0.3 is 0 Å². The van der Waals surface area contributed by atoms with Gasteiger partial charge in [-0.1, -0.05) is 35.9 Å². The second kappa shape index (κ2) is 13.2. The molecule has 1 aliphatic carbocycles. The number of fused-ring (bicyclic) bond motifs is 3.